The van der Waals surface area contributed by atoms with E-state index in [0.717, 1.165) is 28.0 Å². The lowest BCUT2D eigenvalue weighted by Gasteiger charge is -2.32. The van der Waals surface area contributed by atoms with Gasteiger partial charge in [-0.2, -0.15) is 0 Å². The van der Waals surface area contributed by atoms with Gasteiger partial charge in [-0.3, -0.25) is 19.6 Å². The van der Waals surface area contributed by atoms with Crippen molar-refractivity contribution < 1.29 is 33.3 Å². The Bertz CT molecular complexity index is 2280. The van der Waals surface area contributed by atoms with Crippen LogP contribution in [0.25, 0.3) is 11.1 Å². The van der Waals surface area contributed by atoms with E-state index in [1.807, 2.05) is 70.8 Å². The topological polar surface area (TPSA) is 138 Å². The fourth-order valence-electron chi connectivity index (χ4n) is 7.50. The van der Waals surface area contributed by atoms with Crippen molar-refractivity contribution >= 4 is 52.5 Å². The van der Waals surface area contributed by atoms with Crippen LogP contribution in [0.5, 0.6) is 28.7 Å². The van der Waals surface area contributed by atoms with Gasteiger partial charge in [0.25, 0.3) is 11.8 Å². The molecule has 4 aromatic rings. The normalized spacial score (nSPS) is 18.3. The number of anilines is 1. The van der Waals surface area contributed by atoms with Crippen molar-refractivity contribution in [3.63, 3.8) is 0 Å². The third-order valence-electron chi connectivity index (χ3n) is 10.6. The van der Waals surface area contributed by atoms with E-state index in [1.54, 1.807) is 45.6 Å². The first-order valence-corrected chi connectivity index (χ1v) is 18.6. The number of nitrogens with zero attached hydrogens (tertiary/aromatic N) is 4. The molecule has 8 rings (SSSR count). The molecule has 2 N–H and O–H groups in total. The number of hydrogen-bond donors (Lipinski definition) is 1. The predicted octanol–water partition coefficient (Wildman–Crippen LogP) is 7.17. The third-order valence-corrected chi connectivity index (χ3v) is 10.6. The van der Waals surface area contributed by atoms with Gasteiger partial charge in [-0.25, -0.2) is 0 Å². The molecule has 0 aromatic heterocycles. The van der Waals surface area contributed by atoms with Gasteiger partial charge in [0.1, 0.15) is 5.75 Å². The Balaban J connectivity index is 0.906. The van der Waals surface area contributed by atoms with Gasteiger partial charge in [-0.15, -0.1) is 0 Å². The molecule has 12 nitrogen and oxygen atoms in total. The number of carbonyl (C=O) groups is 2. The van der Waals surface area contributed by atoms with E-state index in [1.165, 1.54) is 0 Å². The molecule has 0 fully saturated rings. The number of nitrogens with two attached hydrogens (primary N) is 1. The van der Waals surface area contributed by atoms with Gasteiger partial charge in [0, 0.05) is 49.8 Å². The number of methoxy groups -OCH3 is 3. The number of amides is 2. The molecule has 0 saturated carbocycles. The number of nitrogen functional groups attached to an aromatic ring is 1. The highest BCUT2D eigenvalue weighted by atomic mass is 16.5. The van der Waals surface area contributed by atoms with Crippen molar-refractivity contribution in [2.24, 2.45) is 9.98 Å². The lowest BCUT2D eigenvalue weighted by molar-refractivity contribution is 0.0740. The maximum absolute atomic E-state index is 13.8. The molecule has 12 heteroatoms. The molecule has 1 unspecified atom stereocenters. The minimum Gasteiger partial charge on any atom is -0.497 e. The Morgan fingerprint density at radius 3 is 1.54 bits per heavy atom. The molecule has 2 atom stereocenters. The van der Waals surface area contributed by atoms with Crippen molar-refractivity contribution in [1.82, 2.24) is 9.80 Å². The molecule has 4 aromatic carbocycles. The highest BCUT2D eigenvalue weighted by Gasteiger charge is 2.33. The third kappa shape index (κ3) is 7.17. The van der Waals surface area contributed by atoms with Gasteiger partial charge in [-0.1, -0.05) is 36.4 Å². The molecular weight excluding hydrogens is 711 g/mol. The quantitative estimate of drug-likeness (QED) is 0.126. The highest BCUT2D eigenvalue weighted by molar-refractivity contribution is 6.05. The monoisotopic (exact) mass is 753 g/mol. The molecule has 2 amide bonds. The summed E-state index contributed by atoms with van der Waals surface area (Å²) >= 11 is 0. The fourth-order valence-corrected chi connectivity index (χ4v) is 7.50. The standard InChI is InChI=1S/C44H43N5O7/c1-52-34-11-7-28(8-12-34)30-14-16-49-33(20-30)26-47-38-24-42(40(54-3)22-36(38)44(49)51)56-18-4-17-55-41-23-37-35(21-39(41)53-2)43(50)48-15-13-29(19-32(48)25-46-37)27-5-9-31(45)10-6-27/h5-14,21-26,32-33H,4,15-20,45H2,1-3H3/t32?,33-/m0/s1. The first-order valence-electron chi connectivity index (χ1n) is 18.6. The largest absolute Gasteiger partial charge is 0.497 e. The SMILES string of the molecule is COc1ccc(C2=CCN3C(=O)c4cc(OC)c(OCCCOc5cc6c(cc5OC)C(=O)N5CC=C(c7ccc(N)cc7)CC5C=N6)cc4N=C[C@@H]3C2)cc1. The van der Waals surface area contributed by atoms with Gasteiger partial charge < -0.3 is 39.2 Å². The Hall–Kier alpha value is -6.56. The Morgan fingerprint density at radius 2 is 1.09 bits per heavy atom. The number of rotatable bonds is 11. The number of hydrogen-bond acceptors (Lipinski definition) is 10. The van der Waals surface area contributed by atoms with E-state index >= 15 is 0 Å². The predicted molar refractivity (Wildman–Crippen MR) is 217 cm³/mol. The van der Waals surface area contributed by atoms with Gasteiger partial charge in [0.15, 0.2) is 23.0 Å². The minimum absolute atomic E-state index is 0.109. The summed E-state index contributed by atoms with van der Waals surface area (Å²) in [6, 6.07) is 22.3. The van der Waals surface area contributed by atoms with E-state index in [4.69, 9.17) is 39.4 Å². The summed E-state index contributed by atoms with van der Waals surface area (Å²) in [5.74, 6) is 2.43. The summed E-state index contributed by atoms with van der Waals surface area (Å²) in [6.07, 6.45) is 9.69. The maximum Gasteiger partial charge on any atom is 0.257 e. The number of carbonyl (C=O) groups excluding carboxylic acids is 2. The van der Waals surface area contributed by atoms with E-state index < -0.39 is 0 Å². The summed E-state index contributed by atoms with van der Waals surface area (Å²) in [6.45, 7) is 1.55. The first kappa shape index (κ1) is 36.4. The molecule has 0 bridgehead atoms. The zero-order valence-corrected chi connectivity index (χ0v) is 31.6. The van der Waals surface area contributed by atoms with Gasteiger partial charge in [0.05, 0.1) is 69.1 Å². The number of aliphatic imine (C=N–C) groups is 2. The van der Waals surface area contributed by atoms with Crippen LogP contribution in [0.15, 0.2) is 94.9 Å². The van der Waals surface area contributed by atoms with E-state index in [0.29, 0.717) is 96.8 Å². The number of benzene rings is 4. The van der Waals surface area contributed by atoms with Crippen LogP contribution in [0.2, 0.25) is 0 Å². The molecule has 4 aliphatic rings. The van der Waals surface area contributed by atoms with Gasteiger partial charge in [0.2, 0.25) is 0 Å². The van der Waals surface area contributed by atoms with E-state index in [9.17, 15) is 9.59 Å². The second kappa shape index (κ2) is 15.7. The van der Waals surface area contributed by atoms with E-state index in [-0.39, 0.29) is 23.9 Å². The zero-order valence-electron chi connectivity index (χ0n) is 31.6. The van der Waals surface area contributed by atoms with Crippen LogP contribution in [-0.2, 0) is 0 Å². The van der Waals surface area contributed by atoms with Crippen molar-refractivity contribution in [3.05, 3.63) is 107 Å². The smallest absolute Gasteiger partial charge is 0.257 e. The fraction of sp³-hybridized carbons (Fsp3) is 0.273. The zero-order chi connectivity index (χ0) is 38.8. The Labute approximate surface area is 325 Å². The average molecular weight is 754 g/mol. The van der Waals surface area contributed by atoms with Crippen molar-refractivity contribution in [3.8, 4) is 28.7 Å². The van der Waals surface area contributed by atoms with Crippen LogP contribution in [0, 0.1) is 0 Å². The summed E-state index contributed by atoms with van der Waals surface area (Å²) in [4.78, 5) is 40.7. The van der Waals surface area contributed by atoms with Gasteiger partial charge >= 0.3 is 0 Å². The Kier molecular flexibility index (Phi) is 10.2. The van der Waals surface area contributed by atoms with Gasteiger partial charge in [-0.05, 0) is 71.5 Å². The molecular formula is C44H43N5O7. The summed E-state index contributed by atoms with van der Waals surface area (Å²) in [5.41, 5.74) is 13.1. The average Bonchev–Trinajstić information content (AvgIpc) is 3.46. The maximum atomic E-state index is 13.8. The number of ether oxygens (including phenoxy) is 5. The molecule has 0 radical (unpaired) electrons. The van der Waals surface area contributed by atoms with E-state index in [2.05, 4.69) is 12.2 Å². The molecule has 286 valence electrons. The number of fused-ring (bicyclic) bond motifs is 4. The van der Waals surface area contributed by atoms with Crippen LogP contribution >= 0.6 is 0 Å². The van der Waals surface area contributed by atoms with Crippen LogP contribution in [0.1, 0.15) is 51.1 Å². The van der Waals surface area contributed by atoms with Crippen molar-refractivity contribution in [1.29, 1.82) is 0 Å². The molecule has 0 saturated heterocycles. The first-order chi connectivity index (χ1) is 27.3. The van der Waals surface area contributed by atoms with Crippen molar-refractivity contribution in [2.75, 3.05) is 53.4 Å². The lowest BCUT2D eigenvalue weighted by atomic mass is 9.94. The molecule has 4 heterocycles. The molecule has 4 aliphatic heterocycles. The highest BCUT2D eigenvalue weighted by Crippen LogP contribution is 2.41. The minimum atomic E-state index is -0.190. The summed E-state index contributed by atoms with van der Waals surface area (Å²) in [5, 5.41) is 0. The van der Waals surface area contributed by atoms with Crippen molar-refractivity contribution in [2.45, 2.75) is 31.3 Å². The molecule has 0 aliphatic carbocycles. The second-order valence-corrected chi connectivity index (χ2v) is 13.9. The van der Waals surface area contributed by atoms with Crippen LogP contribution in [0.3, 0.4) is 0 Å². The summed E-state index contributed by atoms with van der Waals surface area (Å²) < 4.78 is 28.9. The van der Waals surface area contributed by atoms with Crippen LogP contribution < -0.4 is 29.4 Å². The molecule has 0 spiro atoms. The Morgan fingerprint density at radius 1 is 0.625 bits per heavy atom. The van der Waals surface area contributed by atoms with Crippen LogP contribution in [0.4, 0.5) is 17.1 Å². The lowest BCUT2D eigenvalue weighted by Crippen LogP contribution is -2.43. The second-order valence-electron chi connectivity index (χ2n) is 13.9. The van der Waals surface area contributed by atoms with Crippen LogP contribution in [-0.4, -0.2) is 93.8 Å². The molecule has 56 heavy (non-hydrogen) atoms. The summed E-state index contributed by atoms with van der Waals surface area (Å²) in [7, 11) is 4.75.